The predicted molar refractivity (Wildman–Crippen MR) is 94.5 cm³/mol. The van der Waals surface area contributed by atoms with E-state index in [1.54, 1.807) is 11.0 Å². The summed E-state index contributed by atoms with van der Waals surface area (Å²) in [5.41, 5.74) is 0.347. The average molecular weight is 378 g/mol. The monoisotopic (exact) mass is 377 g/mol. The quantitative estimate of drug-likeness (QED) is 0.839. The maximum absolute atomic E-state index is 12.7. The lowest BCUT2D eigenvalue weighted by Crippen LogP contribution is -2.52. The van der Waals surface area contributed by atoms with E-state index >= 15 is 0 Å². The number of methoxy groups -OCH3 is 1. The molecule has 1 N–H and O–H groups in total. The van der Waals surface area contributed by atoms with Gasteiger partial charge in [-0.3, -0.25) is 4.79 Å². The van der Waals surface area contributed by atoms with Crippen molar-refractivity contribution in [2.24, 2.45) is 0 Å². The Morgan fingerprint density at radius 1 is 1.38 bits per heavy atom. The van der Waals surface area contributed by atoms with E-state index in [0.717, 1.165) is 17.4 Å². The van der Waals surface area contributed by atoms with Crippen molar-refractivity contribution in [1.29, 1.82) is 0 Å². The van der Waals surface area contributed by atoms with Crippen LogP contribution in [0.3, 0.4) is 0 Å². The van der Waals surface area contributed by atoms with Gasteiger partial charge in [0.05, 0.1) is 7.11 Å². The molecule has 1 fully saturated rings. The standard InChI is InChI=1S/C15H23N3O4S.ClH/c1-11-10-16-7-8-18(11)15(19)12-5-6-13(22-4)14(9-12)23(20,21)17(2)3;/h5-6,9,11,16H,7-8,10H2,1-4H3;1H. The van der Waals surface area contributed by atoms with Gasteiger partial charge in [0.25, 0.3) is 5.91 Å². The minimum absolute atomic E-state index is 0. The summed E-state index contributed by atoms with van der Waals surface area (Å²) in [6, 6.07) is 4.58. The highest BCUT2D eigenvalue weighted by atomic mass is 35.5. The van der Waals surface area contributed by atoms with Crippen molar-refractivity contribution in [1.82, 2.24) is 14.5 Å². The highest BCUT2D eigenvalue weighted by molar-refractivity contribution is 7.89. The number of amides is 1. The number of carbonyl (C=O) groups is 1. The van der Waals surface area contributed by atoms with Gasteiger partial charge < -0.3 is 15.0 Å². The topological polar surface area (TPSA) is 79.0 Å². The van der Waals surface area contributed by atoms with Crippen LogP contribution in [0.15, 0.2) is 23.1 Å². The molecule has 1 aromatic rings. The molecule has 0 spiro atoms. The number of benzene rings is 1. The molecule has 0 radical (unpaired) electrons. The third-order valence-corrected chi connectivity index (χ3v) is 5.77. The number of nitrogens with one attached hydrogen (secondary N) is 1. The van der Waals surface area contributed by atoms with E-state index in [4.69, 9.17) is 4.74 Å². The number of halogens is 1. The van der Waals surface area contributed by atoms with Crippen molar-refractivity contribution in [2.45, 2.75) is 17.9 Å². The van der Waals surface area contributed by atoms with Crippen LogP contribution in [-0.4, -0.2) is 70.4 Å². The number of hydrogen-bond acceptors (Lipinski definition) is 5. The number of nitrogens with zero attached hydrogens (tertiary/aromatic N) is 2. The van der Waals surface area contributed by atoms with Gasteiger partial charge in [-0.1, -0.05) is 0 Å². The van der Waals surface area contributed by atoms with E-state index in [-0.39, 0.29) is 35.0 Å². The molecule has 0 saturated carbocycles. The minimum atomic E-state index is -3.69. The summed E-state index contributed by atoms with van der Waals surface area (Å²) in [6.45, 7) is 4.02. The van der Waals surface area contributed by atoms with Crippen LogP contribution >= 0.6 is 12.4 Å². The molecule has 136 valence electrons. The second-order valence-electron chi connectivity index (χ2n) is 5.70. The Morgan fingerprint density at radius 3 is 2.58 bits per heavy atom. The fourth-order valence-electron chi connectivity index (χ4n) is 2.52. The Kier molecular flexibility index (Phi) is 7.03. The smallest absolute Gasteiger partial charge is 0.254 e. The number of rotatable bonds is 4. The number of ether oxygens (including phenoxy) is 1. The summed E-state index contributed by atoms with van der Waals surface area (Å²) in [5, 5.41) is 3.22. The Morgan fingerprint density at radius 2 is 2.04 bits per heavy atom. The third kappa shape index (κ3) is 4.00. The number of carbonyl (C=O) groups excluding carboxylic acids is 1. The average Bonchev–Trinajstić information content (AvgIpc) is 2.53. The normalized spacial score (nSPS) is 18.2. The maximum Gasteiger partial charge on any atom is 0.254 e. The van der Waals surface area contributed by atoms with Gasteiger partial charge in [-0.25, -0.2) is 12.7 Å². The molecule has 1 saturated heterocycles. The molecule has 0 aromatic heterocycles. The molecule has 1 aromatic carbocycles. The lowest BCUT2D eigenvalue weighted by Gasteiger charge is -2.34. The molecule has 0 bridgehead atoms. The molecular formula is C15H24ClN3O4S. The zero-order valence-corrected chi connectivity index (χ0v) is 15.9. The van der Waals surface area contributed by atoms with Crippen molar-refractivity contribution < 1.29 is 17.9 Å². The molecule has 1 aliphatic rings. The maximum atomic E-state index is 12.7. The first-order valence-corrected chi connectivity index (χ1v) is 8.85. The number of hydrogen-bond donors (Lipinski definition) is 1. The van der Waals surface area contributed by atoms with Crippen molar-refractivity contribution in [3.63, 3.8) is 0 Å². The van der Waals surface area contributed by atoms with Crippen LogP contribution in [0.4, 0.5) is 0 Å². The van der Waals surface area contributed by atoms with Gasteiger partial charge in [0.1, 0.15) is 10.6 Å². The van der Waals surface area contributed by atoms with Crippen LogP contribution in [0, 0.1) is 0 Å². The highest BCUT2D eigenvalue weighted by Crippen LogP contribution is 2.27. The second-order valence-corrected chi connectivity index (χ2v) is 7.83. The first-order valence-electron chi connectivity index (χ1n) is 7.41. The summed E-state index contributed by atoms with van der Waals surface area (Å²) in [5.74, 6) is 0.0560. The fraction of sp³-hybridized carbons (Fsp3) is 0.533. The van der Waals surface area contributed by atoms with E-state index in [1.165, 1.54) is 33.3 Å². The molecule has 1 atom stereocenters. The zero-order valence-electron chi connectivity index (χ0n) is 14.3. The summed E-state index contributed by atoms with van der Waals surface area (Å²) in [7, 11) is 0.604. The third-order valence-electron chi connectivity index (χ3n) is 3.93. The first-order chi connectivity index (χ1) is 10.8. The first kappa shape index (κ1) is 20.7. The van der Waals surface area contributed by atoms with Gasteiger partial charge in [0.15, 0.2) is 0 Å². The molecule has 2 rings (SSSR count). The van der Waals surface area contributed by atoms with Gasteiger partial charge in [0.2, 0.25) is 10.0 Å². The molecule has 1 amide bonds. The van der Waals surface area contributed by atoms with Crippen LogP contribution in [0.25, 0.3) is 0 Å². The van der Waals surface area contributed by atoms with Gasteiger partial charge >= 0.3 is 0 Å². The molecule has 7 nitrogen and oxygen atoms in total. The Hall–Kier alpha value is -1.35. The summed E-state index contributed by atoms with van der Waals surface area (Å²) >= 11 is 0. The molecule has 9 heteroatoms. The molecular weight excluding hydrogens is 354 g/mol. The van der Waals surface area contributed by atoms with E-state index < -0.39 is 10.0 Å². The Balaban J connectivity index is 0.00000288. The summed E-state index contributed by atoms with van der Waals surface area (Å²) < 4.78 is 31.1. The van der Waals surface area contributed by atoms with E-state index in [9.17, 15) is 13.2 Å². The minimum Gasteiger partial charge on any atom is -0.495 e. The molecule has 1 aliphatic heterocycles. The van der Waals surface area contributed by atoms with Gasteiger partial charge in [0, 0.05) is 45.3 Å². The van der Waals surface area contributed by atoms with Gasteiger partial charge in [-0.15, -0.1) is 12.4 Å². The number of piperazine rings is 1. The van der Waals surface area contributed by atoms with Crippen LogP contribution < -0.4 is 10.1 Å². The Labute approximate surface area is 149 Å². The summed E-state index contributed by atoms with van der Waals surface area (Å²) in [6.07, 6.45) is 0. The lowest BCUT2D eigenvalue weighted by molar-refractivity contribution is 0.0655. The Bertz CT molecular complexity index is 694. The highest BCUT2D eigenvalue weighted by Gasteiger charge is 2.27. The van der Waals surface area contributed by atoms with Gasteiger partial charge in [-0.2, -0.15) is 0 Å². The van der Waals surface area contributed by atoms with E-state index in [0.29, 0.717) is 12.1 Å². The summed E-state index contributed by atoms with van der Waals surface area (Å²) in [4.78, 5) is 14.5. The predicted octanol–water partition coefficient (Wildman–Crippen LogP) is 0.801. The molecule has 0 aliphatic carbocycles. The van der Waals surface area contributed by atoms with Crippen LogP contribution in [0.5, 0.6) is 5.75 Å². The van der Waals surface area contributed by atoms with Gasteiger partial charge in [-0.05, 0) is 25.1 Å². The SMILES string of the molecule is COc1ccc(C(=O)N2CCNCC2C)cc1S(=O)(=O)N(C)C.Cl. The lowest BCUT2D eigenvalue weighted by atomic mass is 10.1. The molecule has 1 unspecified atom stereocenters. The van der Waals surface area contributed by atoms with Crippen LogP contribution in [0.2, 0.25) is 0 Å². The van der Waals surface area contributed by atoms with Crippen molar-refractivity contribution in [2.75, 3.05) is 40.8 Å². The molecule has 24 heavy (non-hydrogen) atoms. The van der Waals surface area contributed by atoms with Crippen molar-refractivity contribution in [3.05, 3.63) is 23.8 Å². The van der Waals surface area contributed by atoms with Crippen molar-refractivity contribution in [3.8, 4) is 5.75 Å². The van der Waals surface area contributed by atoms with Crippen LogP contribution in [0.1, 0.15) is 17.3 Å². The van der Waals surface area contributed by atoms with E-state index in [2.05, 4.69) is 5.32 Å². The second kappa shape index (κ2) is 8.15. The molecule has 1 heterocycles. The van der Waals surface area contributed by atoms with Crippen molar-refractivity contribution >= 4 is 28.3 Å². The fourth-order valence-corrected chi connectivity index (χ4v) is 3.59. The van der Waals surface area contributed by atoms with Crippen LogP contribution in [-0.2, 0) is 10.0 Å². The number of sulfonamides is 1. The van der Waals surface area contributed by atoms with E-state index in [1.807, 2.05) is 6.92 Å². The zero-order chi connectivity index (χ0) is 17.2. The largest absolute Gasteiger partial charge is 0.495 e.